The zero-order valence-corrected chi connectivity index (χ0v) is 12.7. The molecule has 3 nitrogen and oxygen atoms in total. The highest BCUT2D eigenvalue weighted by atomic mass is 32.1. The van der Waals surface area contributed by atoms with Crippen LogP contribution in [0.5, 0.6) is 0 Å². The second-order valence-corrected chi connectivity index (χ2v) is 6.46. The summed E-state index contributed by atoms with van der Waals surface area (Å²) in [7, 11) is 0. The van der Waals surface area contributed by atoms with E-state index in [2.05, 4.69) is 16.2 Å². The second-order valence-electron chi connectivity index (χ2n) is 6.05. The Balaban J connectivity index is 1.55. The Labute approximate surface area is 132 Å². The fraction of sp³-hybridized carbons (Fsp3) is 0.533. The maximum Gasteiger partial charge on any atom is 0.418 e. The molecule has 3 N–H and O–H groups in total. The molecule has 0 saturated heterocycles. The van der Waals surface area contributed by atoms with E-state index in [0.29, 0.717) is 17.1 Å². The van der Waals surface area contributed by atoms with E-state index in [-0.39, 0.29) is 5.69 Å². The van der Waals surface area contributed by atoms with Gasteiger partial charge in [-0.25, -0.2) is 0 Å². The minimum Gasteiger partial charge on any atom is -0.358 e. The Morgan fingerprint density at radius 3 is 2.55 bits per heavy atom. The largest absolute Gasteiger partial charge is 0.418 e. The molecule has 3 unspecified atom stereocenters. The van der Waals surface area contributed by atoms with Crippen LogP contribution < -0.4 is 16.2 Å². The number of nitrogens with one attached hydrogen (secondary N) is 3. The van der Waals surface area contributed by atoms with Crippen LogP contribution in [-0.2, 0) is 6.18 Å². The summed E-state index contributed by atoms with van der Waals surface area (Å²) in [6.45, 7) is 0. The third kappa shape index (κ3) is 3.29. The van der Waals surface area contributed by atoms with Crippen LogP contribution in [0.25, 0.3) is 0 Å². The maximum atomic E-state index is 12.9. The smallest absolute Gasteiger partial charge is 0.358 e. The highest BCUT2D eigenvalue weighted by molar-refractivity contribution is 7.80. The molecule has 0 aliphatic heterocycles. The van der Waals surface area contributed by atoms with E-state index >= 15 is 0 Å². The van der Waals surface area contributed by atoms with Crippen LogP contribution in [0.2, 0.25) is 0 Å². The fourth-order valence-electron chi connectivity index (χ4n) is 3.59. The Bertz CT molecular complexity index is 561. The van der Waals surface area contributed by atoms with Gasteiger partial charge in [0.2, 0.25) is 0 Å². The summed E-state index contributed by atoms with van der Waals surface area (Å²) in [5.74, 6) is 1.43. The molecule has 0 heterocycles. The van der Waals surface area contributed by atoms with Crippen molar-refractivity contribution in [1.29, 1.82) is 0 Å². The van der Waals surface area contributed by atoms with Gasteiger partial charge in [0, 0.05) is 6.04 Å². The second kappa shape index (κ2) is 5.95. The number of anilines is 1. The highest BCUT2D eigenvalue weighted by Gasteiger charge is 2.39. The first kappa shape index (κ1) is 15.4. The third-order valence-electron chi connectivity index (χ3n) is 4.60. The number of fused-ring (bicyclic) bond motifs is 2. The number of benzene rings is 1. The average Bonchev–Trinajstić information content (AvgIpc) is 3.07. The molecular weight excluding hydrogens is 311 g/mol. The van der Waals surface area contributed by atoms with Crippen molar-refractivity contribution in [3.8, 4) is 0 Å². The highest BCUT2D eigenvalue weighted by Crippen LogP contribution is 2.44. The van der Waals surface area contributed by atoms with Gasteiger partial charge in [0.15, 0.2) is 5.11 Å². The van der Waals surface area contributed by atoms with Gasteiger partial charge in [-0.15, -0.1) is 0 Å². The van der Waals surface area contributed by atoms with Crippen LogP contribution >= 0.6 is 12.2 Å². The molecule has 1 aromatic rings. The lowest BCUT2D eigenvalue weighted by Gasteiger charge is -2.25. The van der Waals surface area contributed by atoms with Gasteiger partial charge >= 0.3 is 6.18 Å². The van der Waals surface area contributed by atoms with Crippen LogP contribution in [-0.4, -0.2) is 11.2 Å². The third-order valence-corrected chi connectivity index (χ3v) is 4.82. The normalized spacial score (nSPS) is 26.8. The molecule has 0 radical (unpaired) electrons. The molecule has 7 heteroatoms. The molecule has 2 aliphatic rings. The molecule has 2 bridgehead atoms. The number of para-hydroxylation sites is 1. The van der Waals surface area contributed by atoms with Crippen molar-refractivity contribution in [1.82, 2.24) is 10.7 Å². The van der Waals surface area contributed by atoms with Gasteiger partial charge in [0.05, 0.1) is 11.3 Å². The summed E-state index contributed by atoms with van der Waals surface area (Å²) < 4.78 is 38.7. The Kier molecular flexibility index (Phi) is 4.16. The zero-order chi connectivity index (χ0) is 15.7. The van der Waals surface area contributed by atoms with Crippen molar-refractivity contribution in [3.63, 3.8) is 0 Å². The molecule has 0 spiro atoms. The Hall–Kier alpha value is -1.50. The topological polar surface area (TPSA) is 36.1 Å². The predicted octanol–water partition coefficient (Wildman–Crippen LogP) is 3.69. The molecule has 120 valence electrons. The molecule has 22 heavy (non-hydrogen) atoms. The van der Waals surface area contributed by atoms with Crippen molar-refractivity contribution in [2.24, 2.45) is 11.8 Å². The summed E-state index contributed by atoms with van der Waals surface area (Å²) in [6, 6.07) is 5.66. The van der Waals surface area contributed by atoms with Crippen molar-refractivity contribution in [2.75, 3.05) is 5.43 Å². The predicted molar refractivity (Wildman–Crippen MR) is 83.2 cm³/mol. The lowest BCUT2D eigenvalue weighted by Crippen LogP contribution is -2.46. The number of alkyl halides is 3. The number of rotatable bonds is 3. The standard InChI is InChI=1S/C15H18F3N3S/c16-15(17,18)11-3-1-2-4-12(11)20-21-14(22)19-13-8-9-5-6-10(13)7-9/h1-4,9-10,13,20H,5-8H2,(H2,19,21,22). The minimum absolute atomic E-state index is 0.0351. The molecule has 1 aromatic carbocycles. The van der Waals surface area contributed by atoms with Gasteiger partial charge in [-0.05, 0) is 55.4 Å². The maximum absolute atomic E-state index is 12.9. The number of hydrogen-bond acceptors (Lipinski definition) is 2. The van der Waals surface area contributed by atoms with Crippen molar-refractivity contribution >= 4 is 23.0 Å². The van der Waals surface area contributed by atoms with E-state index in [1.54, 1.807) is 6.07 Å². The number of hydrogen-bond donors (Lipinski definition) is 3. The van der Waals surface area contributed by atoms with Gasteiger partial charge in [0.1, 0.15) is 0 Å². The van der Waals surface area contributed by atoms with Gasteiger partial charge in [-0.3, -0.25) is 10.9 Å². The summed E-state index contributed by atoms with van der Waals surface area (Å²) in [6.07, 6.45) is 0.455. The van der Waals surface area contributed by atoms with E-state index in [0.717, 1.165) is 18.4 Å². The molecule has 3 rings (SSSR count). The molecule has 2 fully saturated rings. The van der Waals surface area contributed by atoms with Gasteiger partial charge in [0.25, 0.3) is 0 Å². The molecule has 0 aromatic heterocycles. The van der Waals surface area contributed by atoms with E-state index in [1.165, 1.54) is 31.4 Å². The van der Waals surface area contributed by atoms with Crippen LogP contribution in [0.15, 0.2) is 24.3 Å². The van der Waals surface area contributed by atoms with Crippen LogP contribution in [0.1, 0.15) is 31.2 Å². The monoisotopic (exact) mass is 329 g/mol. The Morgan fingerprint density at radius 2 is 1.91 bits per heavy atom. The van der Waals surface area contributed by atoms with E-state index < -0.39 is 11.7 Å². The molecule has 3 atom stereocenters. The van der Waals surface area contributed by atoms with E-state index in [1.807, 2.05) is 0 Å². The first-order chi connectivity index (χ1) is 10.4. The van der Waals surface area contributed by atoms with Crippen LogP contribution in [0.4, 0.5) is 18.9 Å². The average molecular weight is 329 g/mol. The fourth-order valence-corrected chi connectivity index (χ4v) is 3.79. The molecular formula is C15H18F3N3S. The number of hydrazine groups is 1. The summed E-state index contributed by atoms with van der Waals surface area (Å²) in [5.41, 5.74) is 4.48. The quantitative estimate of drug-likeness (QED) is 0.584. The van der Waals surface area contributed by atoms with E-state index in [9.17, 15) is 13.2 Å². The SMILES string of the molecule is FC(F)(F)c1ccccc1NNC(=S)NC1CC2CCC1C2. The number of thiocarbonyl (C=S) groups is 1. The first-order valence-corrected chi connectivity index (χ1v) is 7.83. The lowest BCUT2D eigenvalue weighted by molar-refractivity contribution is -0.137. The molecule has 2 aliphatic carbocycles. The van der Waals surface area contributed by atoms with Gasteiger partial charge in [-0.1, -0.05) is 18.6 Å². The summed E-state index contributed by atoms with van der Waals surface area (Å²) >= 11 is 5.18. The van der Waals surface area contributed by atoms with Crippen LogP contribution in [0, 0.1) is 11.8 Å². The lowest BCUT2D eigenvalue weighted by atomic mass is 9.96. The van der Waals surface area contributed by atoms with Crippen molar-refractivity contribution < 1.29 is 13.2 Å². The van der Waals surface area contributed by atoms with E-state index in [4.69, 9.17) is 12.2 Å². The van der Waals surface area contributed by atoms with Crippen LogP contribution in [0.3, 0.4) is 0 Å². The Morgan fingerprint density at radius 1 is 1.14 bits per heavy atom. The summed E-state index contributed by atoms with van der Waals surface area (Å²) in [4.78, 5) is 0. The molecule has 0 amide bonds. The summed E-state index contributed by atoms with van der Waals surface area (Å²) in [5, 5.41) is 3.56. The molecule has 2 saturated carbocycles. The zero-order valence-electron chi connectivity index (χ0n) is 11.9. The van der Waals surface area contributed by atoms with Crippen molar-refractivity contribution in [3.05, 3.63) is 29.8 Å². The first-order valence-electron chi connectivity index (χ1n) is 7.42. The van der Waals surface area contributed by atoms with Gasteiger partial charge in [-0.2, -0.15) is 13.2 Å². The van der Waals surface area contributed by atoms with Crippen molar-refractivity contribution in [2.45, 2.75) is 37.9 Å². The minimum atomic E-state index is -4.40. The number of halogens is 3. The van der Waals surface area contributed by atoms with Gasteiger partial charge < -0.3 is 5.32 Å².